The molecule has 0 aliphatic rings. The van der Waals surface area contributed by atoms with Crippen LogP contribution in [0.4, 0.5) is 8.78 Å². The van der Waals surface area contributed by atoms with Gasteiger partial charge in [0, 0.05) is 19.1 Å². The molecule has 17 heavy (non-hydrogen) atoms. The fraction of sp³-hybridized carbons (Fsp3) is 0.538. The molecule has 0 saturated carbocycles. The summed E-state index contributed by atoms with van der Waals surface area (Å²) in [5.74, 6) is -1.56. The molecule has 1 aromatic carbocycles. The van der Waals surface area contributed by atoms with Gasteiger partial charge in [-0.2, -0.15) is 0 Å². The largest absolute Gasteiger partial charge is 0.315 e. The zero-order chi connectivity index (χ0) is 12.7. The van der Waals surface area contributed by atoms with E-state index in [9.17, 15) is 8.78 Å². The van der Waals surface area contributed by atoms with Gasteiger partial charge in [-0.3, -0.25) is 0 Å². The van der Waals surface area contributed by atoms with Crippen molar-refractivity contribution in [2.45, 2.75) is 26.3 Å². The van der Waals surface area contributed by atoms with E-state index in [1.54, 1.807) is 6.07 Å². The van der Waals surface area contributed by atoms with Gasteiger partial charge in [0.15, 0.2) is 11.6 Å². The molecule has 1 aromatic rings. The van der Waals surface area contributed by atoms with Crippen LogP contribution in [0.2, 0.25) is 0 Å². The van der Waals surface area contributed by atoms with Gasteiger partial charge in [0.25, 0.3) is 0 Å². The van der Waals surface area contributed by atoms with Crippen molar-refractivity contribution in [3.05, 3.63) is 35.4 Å². The maximum Gasteiger partial charge on any atom is 0.159 e. The molecular formula is C13H20F2N2. The van der Waals surface area contributed by atoms with Gasteiger partial charge in [-0.15, -0.1) is 0 Å². The van der Waals surface area contributed by atoms with E-state index in [1.807, 2.05) is 0 Å². The normalized spacial score (nSPS) is 11.1. The number of hydrogen-bond donors (Lipinski definition) is 2. The molecule has 0 aliphatic heterocycles. The van der Waals surface area contributed by atoms with E-state index in [4.69, 9.17) is 0 Å². The second-order valence-electron chi connectivity index (χ2n) is 4.36. The molecular weight excluding hydrogens is 222 g/mol. The van der Waals surface area contributed by atoms with Crippen LogP contribution < -0.4 is 10.6 Å². The molecule has 1 rings (SSSR count). The maximum atomic E-state index is 12.9. The van der Waals surface area contributed by atoms with Crippen LogP contribution in [0, 0.1) is 11.6 Å². The van der Waals surface area contributed by atoms with Gasteiger partial charge in [-0.05, 0) is 30.7 Å². The van der Waals surface area contributed by atoms with Crippen LogP contribution in [0.25, 0.3) is 0 Å². The van der Waals surface area contributed by atoms with Crippen molar-refractivity contribution >= 4 is 0 Å². The summed E-state index contributed by atoms with van der Waals surface area (Å²) in [6.45, 7) is 6.75. The van der Waals surface area contributed by atoms with E-state index in [0.717, 1.165) is 25.2 Å². The molecule has 0 radical (unpaired) electrons. The molecule has 4 heteroatoms. The smallest absolute Gasteiger partial charge is 0.159 e. The summed E-state index contributed by atoms with van der Waals surface area (Å²) >= 11 is 0. The summed E-state index contributed by atoms with van der Waals surface area (Å²) in [4.78, 5) is 0. The molecule has 0 atom stereocenters. The summed E-state index contributed by atoms with van der Waals surface area (Å²) < 4.78 is 25.6. The highest BCUT2D eigenvalue weighted by Crippen LogP contribution is 2.08. The lowest BCUT2D eigenvalue weighted by Crippen LogP contribution is -2.32. The Bertz CT molecular complexity index is 340. The fourth-order valence-corrected chi connectivity index (χ4v) is 1.50. The monoisotopic (exact) mass is 242 g/mol. The summed E-state index contributed by atoms with van der Waals surface area (Å²) in [5.41, 5.74) is 0.813. The molecule has 0 fully saturated rings. The summed E-state index contributed by atoms with van der Waals surface area (Å²) in [6.07, 6.45) is 0.707. The third kappa shape index (κ3) is 5.75. The lowest BCUT2D eigenvalue weighted by atomic mass is 10.1. The average Bonchev–Trinajstić information content (AvgIpc) is 2.27. The Labute approximate surface area is 101 Å². The van der Waals surface area contributed by atoms with E-state index < -0.39 is 11.6 Å². The van der Waals surface area contributed by atoms with Gasteiger partial charge in [-0.25, -0.2) is 8.78 Å². The minimum absolute atomic E-state index is 0.489. The van der Waals surface area contributed by atoms with E-state index in [2.05, 4.69) is 24.5 Å². The Morgan fingerprint density at radius 1 is 1.06 bits per heavy atom. The number of hydrogen-bond acceptors (Lipinski definition) is 2. The molecule has 0 heterocycles. The molecule has 0 unspecified atom stereocenters. The van der Waals surface area contributed by atoms with Crippen LogP contribution in [-0.2, 0) is 6.42 Å². The predicted octanol–water partition coefficient (Wildman–Crippen LogP) is 2.09. The van der Waals surface area contributed by atoms with Crippen molar-refractivity contribution in [3.8, 4) is 0 Å². The number of nitrogens with one attached hydrogen (secondary N) is 2. The van der Waals surface area contributed by atoms with Gasteiger partial charge < -0.3 is 10.6 Å². The topological polar surface area (TPSA) is 24.1 Å². The molecule has 96 valence electrons. The van der Waals surface area contributed by atoms with E-state index in [-0.39, 0.29) is 0 Å². The molecule has 0 aliphatic carbocycles. The van der Waals surface area contributed by atoms with Crippen LogP contribution >= 0.6 is 0 Å². The lowest BCUT2D eigenvalue weighted by molar-refractivity contribution is 0.506. The summed E-state index contributed by atoms with van der Waals surface area (Å²) in [5, 5.41) is 6.53. The van der Waals surface area contributed by atoms with Gasteiger partial charge in [0.05, 0.1) is 0 Å². The van der Waals surface area contributed by atoms with Crippen molar-refractivity contribution < 1.29 is 8.78 Å². The molecule has 0 saturated heterocycles. The minimum atomic E-state index is -0.789. The molecule has 0 spiro atoms. The zero-order valence-corrected chi connectivity index (χ0v) is 10.4. The Kier molecular flexibility index (Phi) is 6.08. The molecule has 0 aromatic heterocycles. The number of halogens is 2. The van der Waals surface area contributed by atoms with E-state index in [0.29, 0.717) is 12.5 Å². The third-order valence-electron chi connectivity index (χ3n) is 2.43. The van der Waals surface area contributed by atoms with Crippen molar-refractivity contribution in [1.82, 2.24) is 10.6 Å². The number of rotatable bonds is 7. The van der Waals surface area contributed by atoms with Crippen molar-refractivity contribution in [1.29, 1.82) is 0 Å². The van der Waals surface area contributed by atoms with Crippen LogP contribution in [0.15, 0.2) is 18.2 Å². The molecule has 2 nitrogen and oxygen atoms in total. The Morgan fingerprint density at radius 3 is 2.47 bits per heavy atom. The fourth-order valence-electron chi connectivity index (χ4n) is 1.50. The first-order chi connectivity index (χ1) is 8.09. The summed E-state index contributed by atoms with van der Waals surface area (Å²) in [7, 11) is 0. The van der Waals surface area contributed by atoms with Crippen LogP contribution in [0.1, 0.15) is 19.4 Å². The Morgan fingerprint density at radius 2 is 1.82 bits per heavy atom. The quantitative estimate of drug-likeness (QED) is 0.715. The second-order valence-corrected chi connectivity index (χ2v) is 4.36. The zero-order valence-electron chi connectivity index (χ0n) is 10.4. The lowest BCUT2D eigenvalue weighted by Gasteiger charge is -2.09. The van der Waals surface area contributed by atoms with Crippen molar-refractivity contribution in [2.24, 2.45) is 0 Å². The highest BCUT2D eigenvalue weighted by Gasteiger charge is 2.01. The first-order valence-electron chi connectivity index (χ1n) is 5.97. The van der Waals surface area contributed by atoms with Crippen molar-refractivity contribution in [3.63, 3.8) is 0 Å². The highest BCUT2D eigenvalue weighted by atomic mass is 19.2. The van der Waals surface area contributed by atoms with E-state index >= 15 is 0 Å². The van der Waals surface area contributed by atoms with Crippen molar-refractivity contribution in [2.75, 3.05) is 19.6 Å². The van der Waals surface area contributed by atoms with Gasteiger partial charge in [0.1, 0.15) is 0 Å². The molecule has 2 N–H and O–H groups in total. The van der Waals surface area contributed by atoms with Gasteiger partial charge in [-0.1, -0.05) is 19.9 Å². The average molecular weight is 242 g/mol. The SMILES string of the molecule is CC(C)NCCNCCc1ccc(F)c(F)c1. The van der Waals surface area contributed by atoms with Crippen LogP contribution in [0.5, 0.6) is 0 Å². The van der Waals surface area contributed by atoms with Gasteiger partial charge >= 0.3 is 0 Å². The third-order valence-corrected chi connectivity index (χ3v) is 2.43. The molecule has 0 bridgehead atoms. The first kappa shape index (κ1) is 14.1. The van der Waals surface area contributed by atoms with Crippen LogP contribution in [0.3, 0.4) is 0 Å². The first-order valence-corrected chi connectivity index (χ1v) is 5.97. The highest BCUT2D eigenvalue weighted by molar-refractivity contribution is 5.17. The number of benzene rings is 1. The summed E-state index contributed by atoms with van der Waals surface area (Å²) in [6, 6.07) is 4.53. The van der Waals surface area contributed by atoms with E-state index in [1.165, 1.54) is 12.1 Å². The van der Waals surface area contributed by atoms with Gasteiger partial charge in [0.2, 0.25) is 0 Å². The standard InChI is InChI=1S/C13H20F2N2/c1-10(2)17-8-7-16-6-5-11-3-4-12(14)13(15)9-11/h3-4,9-10,16-17H,5-8H2,1-2H3. The minimum Gasteiger partial charge on any atom is -0.315 e. The Hall–Kier alpha value is -1.00. The Balaban J connectivity index is 2.16. The maximum absolute atomic E-state index is 12.9. The second kappa shape index (κ2) is 7.35. The predicted molar refractivity (Wildman–Crippen MR) is 66.1 cm³/mol. The van der Waals surface area contributed by atoms with Crippen LogP contribution in [-0.4, -0.2) is 25.7 Å². The molecule has 0 amide bonds.